The Bertz CT molecular complexity index is 580. The lowest BCUT2D eigenvalue weighted by Gasteiger charge is -2.20. The molecular formula is C15H17BrClNS. The monoisotopic (exact) mass is 357 g/mol. The van der Waals surface area contributed by atoms with E-state index in [0.29, 0.717) is 0 Å². The van der Waals surface area contributed by atoms with Gasteiger partial charge in [0.15, 0.2) is 0 Å². The van der Waals surface area contributed by atoms with Gasteiger partial charge in [0, 0.05) is 9.90 Å². The van der Waals surface area contributed by atoms with E-state index in [9.17, 15) is 0 Å². The zero-order chi connectivity index (χ0) is 14.0. The quantitative estimate of drug-likeness (QED) is 0.763. The van der Waals surface area contributed by atoms with E-state index in [-0.39, 0.29) is 6.04 Å². The molecule has 0 spiro atoms. The number of hydrogen-bond acceptors (Lipinski definition) is 2. The number of aryl methyl sites for hydroxylation is 2. The van der Waals surface area contributed by atoms with Crippen molar-refractivity contribution in [2.45, 2.75) is 26.8 Å². The first-order valence-electron chi connectivity index (χ1n) is 6.28. The van der Waals surface area contributed by atoms with Gasteiger partial charge in [0.1, 0.15) is 0 Å². The van der Waals surface area contributed by atoms with Crippen molar-refractivity contribution in [2.24, 2.45) is 0 Å². The average molecular weight is 359 g/mol. The highest BCUT2D eigenvalue weighted by Crippen LogP contribution is 2.36. The molecule has 0 aliphatic heterocycles. The predicted molar refractivity (Wildman–Crippen MR) is 88.5 cm³/mol. The van der Waals surface area contributed by atoms with E-state index in [1.807, 2.05) is 13.0 Å². The summed E-state index contributed by atoms with van der Waals surface area (Å²) in [5.41, 5.74) is 3.57. The Balaban J connectivity index is 2.51. The first kappa shape index (κ1) is 15.0. The van der Waals surface area contributed by atoms with Crippen LogP contribution in [0, 0.1) is 13.8 Å². The third-order valence-corrected chi connectivity index (χ3v) is 5.26. The number of benzene rings is 1. The van der Waals surface area contributed by atoms with Crippen LogP contribution in [0.25, 0.3) is 0 Å². The van der Waals surface area contributed by atoms with Crippen LogP contribution >= 0.6 is 38.9 Å². The second-order valence-electron chi connectivity index (χ2n) is 4.53. The molecule has 0 bridgehead atoms. The van der Waals surface area contributed by atoms with Gasteiger partial charge in [-0.2, -0.15) is 0 Å². The molecule has 0 aliphatic carbocycles. The number of nitrogens with one attached hydrogen (secondary N) is 1. The maximum atomic E-state index is 6.48. The summed E-state index contributed by atoms with van der Waals surface area (Å²) in [4.78, 5) is 1.32. The molecule has 2 aromatic rings. The van der Waals surface area contributed by atoms with Gasteiger partial charge in [-0.25, -0.2) is 0 Å². The molecule has 0 saturated carbocycles. The van der Waals surface area contributed by atoms with E-state index >= 15 is 0 Å². The van der Waals surface area contributed by atoms with Gasteiger partial charge < -0.3 is 5.32 Å². The van der Waals surface area contributed by atoms with Crippen molar-refractivity contribution in [1.29, 1.82) is 0 Å². The van der Waals surface area contributed by atoms with Crippen LogP contribution in [-0.2, 0) is 0 Å². The maximum absolute atomic E-state index is 6.48. The van der Waals surface area contributed by atoms with E-state index in [2.05, 4.69) is 53.3 Å². The Morgan fingerprint density at radius 2 is 2.05 bits per heavy atom. The molecule has 4 heteroatoms. The second kappa shape index (κ2) is 6.40. The van der Waals surface area contributed by atoms with Crippen LogP contribution in [0.15, 0.2) is 28.1 Å². The van der Waals surface area contributed by atoms with Crippen LogP contribution in [0.4, 0.5) is 0 Å². The molecule has 0 saturated heterocycles. The van der Waals surface area contributed by atoms with Crippen LogP contribution in [0.3, 0.4) is 0 Å². The first-order valence-corrected chi connectivity index (χ1v) is 8.27. The fourth-order valence-corrected chi connectivity index (χ4v) is 4.21. The first-order chi connectivity index (χ1) is 9.04. The van der Waals surface area contributed by atoms with Gasteiger partial charge in [0.05, 0.1) is 9.83 Å². The standard InChI is InChI=1S/C15H17BrClNS/c1-4-18-15(12-8-13(16)19-10(12)3)11-7-5-6-9(2)14(11)17/h5-8,15,18H,4H2,1-3H3. The summed E-state index contributed by atoms with van der Waals surface area (Å²) in [5, 5.41) is 4.40. The highest BCUT2D eigenvalue weighted by Gasteiger charge is 2.20. The largest absolute Gasteiger partial charge is 0.306 e. The van der Waals surface area contributed by atoms with Crippen molar-refractivity contribution in [3.8, 4) is 0 Å². The molecule has 0 radical (unpaired) electrons. The number of hydrogen-bond donors (Lipinski definition) is 1. The van der Waals surface area contributed by atoms with Gasteiger partial charge in [0.2, 0.25) is 0 Å². The van der Waals surface area contributed by atoms with Crippen LogP contribution in [0.5, 0.6) is 0 Å². The van der Waals surface area contributed by atoms with E-state index in [1.165, 1.54) is 10.4 Å². The molecule has 0 fully saturated rings. The third kappa shape index (κ3) is 3.22. The minimum Gasteiger partial charge on any atom is -0.306 e. The fourth-order valence-electron chi connectivity index (χ4n) is 2.23. The topological polar surface area (TPSA) is 12.0 Å². The molecule has 1 N–H and O–H groups in total. The lowest BCUT2D eigenvalue weighted by molar-refractivity contribution is 0.630. The van der Waals surface area contributed by atoms with Crippen LogP contribution < -0.4 is 5.32 Å². The highest BCUT2D eigenvalue weighted by atomic mass is 79.9. The maximum Gasteiger partial charge on any atom is 0.0704 e. The van der Waals surface area contributed by atoms with E-state index < -0.39 is 0 Å². The molecule has 0 aliphatic rings. The van der Waals surface area contributed by atoms with Crippen molar-refractivity contribution in [3.05, 3.63) is 54.6 Å². The highest BCUT2D eigenvalue weighted by molar-refractivity contribution is 9.11. The molecule has 102 valence electrons. The summed E-state index contributed by atoms with van der Waals surface area (Å²) in [5.74, 6) is 0. The minimum atomic E-state index is 0.153. The molecule has 2 rings (SSSR count). The van der Waals surface area contributed by atoms with Crippen LogP contribution in [0.2, 0.25) is 5.02 Å². The van der Waals surface area contributed by atoms with Gasteiger partial charge in [-0.05, 0) is 59.1 Å². The third-order valence-electron chi connectivity index (χ3n) is 3.18. The van der Waals surface area contributed by atoms with Gasteiger partial charge in [-0.15, -0.1) is 11.3 Å². The Labute approximate surface area is 132 Å². The van der Waals surface area contributed by atoms with Crippen molar-refractivity contribution in [2.75, 3.05) is 6.54 Å². The minimum absolute atomic E-state index is 0.153. The van der Waals surface area contributed by atoms with Gasteiger partial charge in [-0.1, -0.05) is 36.7 Å². The normalized spacial score (nSPS) is 12.7. The van der Waals surface area contributed by atoms with E-state index in [1.54, 1.807) is 11.3 Å². The van der Waals surface area contributed by atoms with Crippen molar-refractivity contribution >= 4 is 38.9 Å². The average Bonchev–Trinajstić information content (AvgIpc) is 2.69. The van der Waals surface area contributed by atoms with Crippen molar-refractivity contribution in [1.82, 2.24) is 5.32 Å². The van der Waals surface area contributed by atoms with E-state index in [0.717, 1.165) is 26.5 Å². The number of thiophene rings is 1. The molecule has 1 aromatic carbocycles. The molecule has 1 atom stereocenters. The molecule has 1 unspecified atom stereocenters. The summed E-state index contributed by atoms with van der Waals surface area (Å²) < 4.78 is 1.16. The lowest BCUT2D eigenvalue weighted by atomic mass is 9.97. The predicted octanol–water partition coefficient (Wildman–Crippen LogP) is 5.48. The number of halogens is 2. The zero-order valence-electron chi connectivity index (χ0n) is 11.3. The second-order valence-corrected chi connectivity index (χ2v) is 7.54. The molecule has 1 nitrogen and oxygen atoms in total. The summed E-state index contributed by atoms with van der Waals surface area (Å²) in [6.45, 7) is 7.22. The summed E-state index contributed by atoms with van der Waals surface area (Å²) >= 11 is 11.8. The molecule has 19 heavy (non-hydrogen) atoms. The van der Waals surface area contributed by atoms with Crippen LogP contribution in [-0.4, -0.2) is 6.54 Å². The van der Waals surface area contributed by atoms with Gasteiger partial charge >= 0.3 is 0 Å². The summed E-state index contributed by atoms with van der Waals surface area (Å²) in [6, 6.07) is 8.56. The van der Waals surface area contributed by atoms with Gasteiger partial charge in [-0.3, -0.25) is 0 Å². The molecule has 0 amide bonds. The summed E-state index contributed by atoms with van der Waals surface area (Å²) in [7, 11) is 0. The molecular weight excluding hydrogens is 342 g/mol. The Morgan fingerprint density at radius 1 is 1.32 bits per heavy atom. The fraction of sp³-hybridized carbons (Fsp3) is 0.333. The molecule has 1 heterocycles. The van der Waals surface area contributed by atoms with Crippen LogP contribution in [0.1, 0.15) is 34.5 Å². The Hall–Kier alpha value is -0.350. The van der Waals surface area contributed by atoms with E-state index in [4.69, 9.17) is 11.6 Å². The smallest absolute Gasteiger partial charge is 0.0704 e. The Kier molecular flexibility index (Phi) is 5.07. The zero-order valence-corrected chi connectivity index (χ0v) is 14.4. The lowest BCUT2D eigenvalue weighted by Crippen LogP contribution is -2.22. The van der Waals surface area contributed by atoms with Crippen molar-refractivity contribution in [3.63, 3.8) is 0 Å². The van der Waals surface area contributed by atoms with Gasteiger partial charge in [0.25, 0.3) is 0 Å². The number of rotatable bonds is 4. The SMILES string of the molecule is CCNC(c1cc(Br)sc1C)c1cccc(C)c1Cl. The summed E-state index contributed by atoms with van der Waals surface area (Å²) in [6.07, 6.45) is 0. The molecule has 1 aromatic heterocycles. The van der Waals surface area contributed by atoms with Crippen molar-refractivity contribution < 1.29 is 0 Å². The Morgan fingerprint density at radius 3 is 2.63 bits per heavy atom.